The Labute approximate surface area is 106 Å². The van der Waals surface area contributed by atoms with Gasteiger partial charge in [-0.1, -0.05) is 0 Å². The summed E-state index contributed by atoms with van der Waals surface area (Å²) >= 11 is 0. The SMILES string of the molecule is COC(C)(C)CN1C(=O)c2ccc(N)cc2C1=O. The summed E-state index contributed by atoms with van der Waals surface area (Å²) in [7, 11) is 1.55. The first kappa shape index (κ1) is 12.6. The van der Waals surface area contributed by atoms with Crippen LogP contribution in [0.15, 0.2) is 18.2 Å². The van der Waals surface area contributed by atoms with Crippen LogP contribution in [0.5, 0.6) is 0 Å². The molecule has 0 aliphatic carbocycles. The number of benzene rings is 1. The highest BCUT2D eigenvalue weighted by molar-refractivity contribution is 6.21. The minimum Gasteiger partial charge on any atom is -0.399 e. The average molecular weight is 248 g/mol. The fourth-order valence-electron chi connectivity index (χ4n) is 1.90. The van der Waals surface area contributed by atoms with Crippen molar-refractivity contribution in [2.75, 3.05) is 19.4 Å². The quantitative estimate of drug-likeness (QED) is 0.646. The van der Waals surface area contributed by atoms with E-state index >= 15 is 0 Å². The zero-order chi connectivity index (χ0) is 13.5. The highest BCUT2D eigenvalue weighted by atomic mass is 16.5. The van der Waals surface area contributed by atoms with E-state index in [1.54, 1.807) is 19.2 Å². The van der Waals surface area contributed by atoms with Gasteiger partial charge in [0.25, 0.3) is 11.8 Å². The number of nitrogens with zero attached hydrogens (tertiary/aromatic N) is 1. The highest BCUT2D eigenvalue weighted by Gasteiger charge is 2.38. The molecule has 2 rings (SSSR count). The van der Waals surface area contributed by atoms with E-state index in [-0.39, 0.29) is 18.4 Å². The summed E-state index contributed by atoms with van der Waals surface area (Å²) in [6.45, 7) is 3.87. The standard InChI is InChI=1S/C13H16N2O3/c1-13(2,18-3)7-15-11(16)9-5-4-8(14)6-10(9)12(15)17/h4-6H,7,14H2,1-3H3. The van der Waals surface area contributed by atoms with Crippen LogP contribution >= 0.6 is 0 Å². The number of rotatable bonds is 3. The van der Waals surface area contributed by atoms with E-state index < -0.39 is 5.60 Å². The van der Waals surface area contributed by atoms with Crippen LogP contribution in [0.3, 0.4) is 0 Å². The number of methoxy groups -OCH3 is 1. The molecule has 1 heterocycles. The van der Waals surface area contributed by atoms with E-state index in [0.717, 1.165) is 0 Å². The number of carbonyl (C=O) groups excluding carboxylic acids is 2. The van der Waals surface area contributed by atoms with Crippen LogP contribution in [0.4, 0.5) is 5.69 Å². The van der Waals surface area contributed by atoms with Crippen molar-refractivity contribution in [1.82, 2.24) is 4.90 Å². The van der Waals surface area contributed by atoms with Gasteiger partial charge in [0.15, 0.2) is 0 Å². The van der Waals surface area contributed by atoms with Crippen molar-refractivity contribution in [2.45, 2.75) is 19.4 Å². The molecule has 0 atom stereocenters. The summed E-state index contributed by atoms with van der Waals surface area (Å²) in [6.07, 6.45) is 0. The van der Waals surface area contributed by atoms with Crippen LogP contribution < -0.4 is 5.73 Å². The first-order chi connectivity index (χ1) is 8.35. The summed E-state index contributed by atoms with van der Waals surface area (Å²) < 4.78 is 5.25. The van der Waals surface area contributed by atoms with Gasteiger partial charge in [-0.3, -0.25) is 14.5 Å². The van der Waals surface area contributed by atoms with Gasteiger partial charge in [0, 0.05) is 12.8 Å². The van der Waals surface area contributed by atoms with Crippen LogP contribution in [-0.2, 0) is 4.74 Å². The summed E-state index contributed by atoms with van der Waals surface area (Å²) in [5.74, 6) is -0.604. The minimum absolute atomic E-state index is 0.218. The zero-order valence-corrected chi connectivity index (χ0v) is 10.7. The lowest BCUT2D eigenvalue weighted by Gasteiger charge is -2.27. The Bertz CT molecular complexity index is 523. The third kappa shape index (κ3) is 1.97. The van der Waals surface area contributed by atoms with Gasteiger partial charge >= 0.3 is 0 Å². The van der Waals surface area contributed by atoms with Gasteiger partial charge in [-0.25, -0.2) is 0 Å². The number of amides is 2. The van der Waals surface area contributed by atoms with Crippen LogP contribution in [0.1, 0.15) is 34.6 Å². The Kier molecular flexibility index (Phi) is 2.86. The van der Waals surface area contributed by atoms with Crippen LogP contribution in [0, 0.1) is 0 Å². The van der Waals surface area contributed by atoms with Crippen molar-refractivity contribution >= 4 is 17.5 Å². The van der Waals surface area contributed by atoms with Crippen molar-refractivity contribution in [3.05, 3.63) is 29.3 Å². The van der Waals surface area contributed by atoms with E-state index in [1.165, 1.54) is 11.0 Å². The van der Waals surface area contributed by atoms with Crippen LogP contribution in [-0.4, -0.2) is 36.0 Å². The van der Waals surface area contributed by atoms with Gasteiger partial charge in [-0.05, 0) is 32.0 Å². The van der Waals surface area contributed by atoms with E-state index in [4.69, 9.17) is 10.5 Å². The lowest BCUT2D eigenvalue weighted by Crippen LogP contribution is -2.43. The first-order valence-corrected chi connectivity index (χ1v) is 5.66. The number of imide groups is 1. The van der Waals surface area contributed by atoms with E-state index in [0.29, 0.717) is 16.8 Å². The largest absolute Gasteiger partial charge is 0.399 e. The molecule has 0 spiro atoms. The zero-order valence-electron chi connectivity index (χ0n) is 10.7. The summed E-state index contributed by atoms with van der Waals surface area (Å²) in [6, 6.07) is 4.75. The Balaban J connectivity index is 2.34. The molecule has 96 valence electrons. The molecular formula is C13H16N2O3. The molecule has 2 N–H and O–H groups in total. The van der Waals surface area contributed by atoms with Crippen LogP contribution in [0.25, 0.3) is 0 Å². The predicted octanol–water partition coefficient (Wildman–Crippen LogP) is 1.29. The maximum Gasteiger partial charge on any atom is 0.261 e. The Morgan fingerprint density at radius 1 is 1.22 bits per heavy atom. The Hall–Kier alpha value is -1.88. The van der Waals surface area contributed by atoms with Crippen molar-refractivity contribution in [2.24, 2.45) is 0 Å². The van der Waals surface area contributed by atoms with E-state index in [1.807, 2.05) is 13.8 Å². The summed E-state index contributed by atoms with van der Waals surface area (Å²) in [4.78, 5) is 25.5. The van der Waals surface area contributed by atoms with Gasteiger partial charge in [-0.2, -0.15) is 0 Å². The fourth-order valence-corrected chi connectivity index (χ4v) is 1.90. The molecule has 0 fully saturated rings. The van der Waals surface area contributed by atoms with Crippen LogP contribution in [0.2, 0.25) is 0 Å². The van der Waals surface area contributed by atoms with Crippen molar-refractivity contribution in [1.29, 1.82) is 0 Å². The van der Waals surface area contributed by atoms with Gasteiger partial charge in [0.1, 0.15) is 0 Å². The second kappa shape index (κ2) is 4.10. The van der Waals surface area contributed by atoms with Gasteiger partial charge in [0.05, 0.1) is 23.3 Å². The van der Waals surface area contributed by atoms with Crippen molar-refractivity contribution < 1.29 is 14.3 Å². The number of nitrogen functional groups attached to an aromatic ring is 1. The molecular weight excluding hydrogens is 232 g/mol. The molecule has 0 radical (unpaired) electrons. The lowest BCUT2D eigenvalue weighted by atomic mass is 10.1. The molecule has 1 aromatic carbocycles. The number of hydrogen-bond donors (Lipinski definition) is 1. The number of anilines is 1. The third-order valence-corrected chi connectivity index (χ3v) is 3.09. The second-order valence-electron chi connectivity index (χ2n) is 4.97. The molecule has 18 heavy (non-hydrogen) atoms. The second-order valence-corrected chi connectivity index (χ2v) is 4.97. The fraction of sp³-hybridized carbons (Fsp3) is 0.385. The normalized spacial score (nSPS) is 15.2. The van der Waals surface area contributed by atoms with Crippen molar-refractivity contribution in [3.63, 3.8) is 0 Å². The Morgan fingerprint density at radius 2 is 1.83 bits per heavy atom. The summed E-state index contributed by atoms with van der Waals surface area (Å²) in [5.41, 5.74) is 6.31. The monoisotopic (exact) mass is 248 g/mol. The summed E-state index contributed by atoms with van der Waals surface area (Å²) in [5, 5.41) is 0. The smallest absolute Gasteiger partial charge is 0.261 e. The third-order valence-electron chi connectivity index (χ3n) is 3.09. The van der Waals surface area contributed by atoms with E-state index in [2.05, 4.69) is 0 Å². The number of ether oxygens (including phenoxy) is 1. The lowest BCUT2D eigenvalue weighted by molar-refractivity contribution is -0.00155. The number of fused-ring (bicyclic) bond motifs is 1. The molecule has 0 unspecified atom stereocenters. The molecule has 0 aromatic heterocycles. The molecule has 1 aromatic rings. The van der Waals surface area contributed by atoms with E-state index in [9.17, 15) is 9.59 Å². The predicted molar refractivity (Wildman–Crippen MR) is 67.3 cm³/mol. The molecule has 5 heteroatoms. The molecule has 5 nitrogen and oxygen atoms in total. The molecule has 0 saturated carbocycles. The highest BCUT2D eigenvalue weighted by Crippen LogP contribution is 2.26. The molecule has 0 saturated heterocycles. The topological polar surface area (TPSA) is 72.6 Å². The van der Waals surface area contributed by atoms with Crippen molar-refractivity contribution in [3.8, 4) is 0 Å². The van der Waals surface area contributed by atoms with Gasteiger partial charge in [0.2, 0.25) is 0 Å². The number of nitrogens with two attached hydrogens (primary N) is 1. The first-order valence-electron chi connectivity index (χ1n) is 5.66. The number of carbonyl (C=O) groups is 2. The molecule has 1 aliphatic heterocycles. The maximum absolute atomic E-state index is 12.1. The number of hydrogen-bond acceptors (Lipinski definition) is 4. The minimum atomic E-state index is -0.571. The van der Waals surface area contributed by atoms with Gasteiger partial charge in [-0.15, -0.1) is 0 Å². The molecule has 2 amide bonds. The average Bonchev–Trinajstić information content (AvgIpc) is 2.54. The molecule has 1 aliphatic rings. The molecule has 0 bridgehead atoms. The van der Waals surface area contributed by atoms with Gasteiger partial charge < -0.3 is 10.5 Å². The Morgan fingerprint density at radius 3 is 2.44 bits per heavy atom. The maximum atomic E-state index is 12.1.